The summed E-state index contributed by atoms with van der Waals surface area (Å²) in [5, 5.41) is 3.24. The fraction of sp³-hybridized carbons (Fsp3) is 0.474. The fourth-order valence-electron chi connectivity index (χ4n) is 4.31. The Hall–Kier alpha value is -2.21. The molecular weight excluding hydrogens is 319 g/mol. The van der Waals surface area contributed by atoms with Crippen molar-refractivity contribution >= 4 is 5.91 Å². The number of carbonyl (C=O) groups is 1. The minimum absolute atomic E-state index is 0.0734. The molecule has 0 aliphatic carbocycles. The number of amides is 1. The van der Waals surface area contributed by atoms with Gasteiger partial charge in [-0.15, -0.1) is 0 Å². The number of carbonyl (C=O) groups excluding carboxylic acids is 1. The third kappa shape index (κ3) is 2.84. The molecule has 3 aliphatic rings. The highest BCUT2D eigenvalue weighted by Crippen LogP contribution is 2.32. The molecule has 0 radical (unpaired) electrons. The first-order valence-electron chi connectivity index (χ1n) is 8.87. The van der Waals surface area contributed by atoms with Crippen molar-refractivity contribution in [3.63, 3.8) is 0 Å². The fourth-order valence-corrected chi connectivity index (χ4v) is 4.31. The van der Waals surface area contributed by atoms with Crippen molar-refractivity contribution in [3.8, 4) is 11.4 Å². The van der Waals surface area contributed by atoms with Gasteiger partial charge in [0, 0.05) is 31.4 Å². The predicted octanol–water partition coefficient (Wildman–Crippen LogP) is 2.44. The van der Waals surface area contributed by atoms with Crippen molar-refractivity contribution in [1.29, 1.82) is 0 Å². The number of hydrogen-bond donors (Lipinski definition) is 1. The monoisotopic (exact) mass is 342 g/mol. The number of rotatable bonds is 3. The van der Waals surface area contributed by atoms with Gasteiger partial charge < -0.3 is 9.88 Å². The van der Waals surface area contributed by atoms with E-state index in [1.54, 1.807) is 10.6 Å². The third-order valence-corrected chi connectivity index (χ3v) is 5.81. The van der Waals surface area contributed by atoms with Crippen LogP contribution in [0.5, 0.6) is 0 Å². The van der Waals surface area contributed by atoms with Crippen molar-refractivity contribution in [1.82, 2.24) is 19.8 Å². The second kappa shape index (κ2) is 6.26. The molecule has 6 heteroatoms. The SMILES string of the molecule is C[C@@H]1[C@H](NC(=O)c2ccc(-c3cc(F)ccn3)n2C)C2CCN1CC2. The van der Waals surface area contributed by atoms with Gasteiger partial charge in [0.1, 0.15) is 11.5 Å². The van der Waals surface area contributed by atoms with Gasteiger partial charge in [-0.3, -0.25) is 14.7 Å². The van der Waals surface area contributed by atoms with Gasteiger partial charge in [0.05, 0.1) is 11.4 Å². The van der Waals surface area contributed by atoms with Gasteiger partial charge in [0.25, 0.3) is 5.91 Å². The van der Waals surface area contributed by atoms with Crippen LogP contribution < -0.4 is 5.32 Å². The average Bonchev–Trinajstić information content (AvgIpc) is 3.00. The molecule has 2 aromatic rings. The molecule has 2 bridgehead atoms. The molecule has 0 spiro atoms. The second-order valence-electron chi connectivity index (χ2n) is 7.14. The van der Waals surface area contributed by atoms with Crippen LogP contribution in [0.2, 0.25) is 0 Å². The van der Waals surface area contributed by atoms with Crippen LogP contribution in [0.15, 0.2) is 30.5 Å². The van der Waals surface area contributed by atoms with Crippen LogP contribution in [-0.2, 0) is 7.05 Å². The number of pyridine rings is 1. The van der Waals surface area contributed by atoms with E-state index in [2.05, 4.69) is 22.1 Å². The largest absolute Gasteiger partial charge is 0.346 e. The molecule has 25 heavy (non-hydrogen) atoms. The average molecular weight is 342 g/mol. The summed E-state index contributed by atoms with van der Waals surface area (Å²) >= 11 is 0. The van der Waals surface area contributed by atoms with Gasteiger partial charge in [-0.1, -0.05) is 0 Å². The van der Waals surface area contributed by atoms with E-state index in [1.165, 1.54) is 18.3 Å². The number of piperidine rings is 3. The van der Waals surface area contributed by atoms with Crippen LogP contribution in [0.4, 0.5) is 4.39 Å². The van der Waals surface area contributed by atoms with E-state index in [9.17, 15) is 9.18 Å². The van der Waals surface area contributed by atoms with Crippen LogP contribution in [0.1, 0.15) is 30.3 Å². The Balaban J connectivity index is 1.55. The minimum Gasteiger partial charge on any atom is -0.346 e. The first kappa shape index (κ1) is 16.3. The van der Waals surface area contributed by atoms with E-state index in [-0.39, 0.29) is 17.8 Å². The molecule has 1 N–H and O–H groups in total. The van der Waals surface area contributed by atoms with E-state index in [4.69, 9.17) is 0 Å². The molecule has 5 nitrogen and oxygen atoms in total. The third-order valence-electron chi connectivity index (χ3n) is 5.81. The summed E-state index contributed by atoms with van der Waals surface area (Å²) < 4.78 is 15.2. The highest BCUT2D eigenvalue weighted by Gasteiger charge is 2.40. The van der Waals surface area contributed by atoms with Gasteiger partial charge in [-0.05, 0) is 57.0 Å². The van der Waals surface area contributed by atoms with Crippen molar-refractivity contribution in [2.24, 2.45) is 13.0 Å². The molecule has 3 saturated heterocycles. The molecule has 0 unspecified atom stereocenters. The molecule has 5 rings (SSSR count). The molecular formula is C19H23FN4O. The number of nitrogens with one attached hydrogen (secondary N) is 1. The summed E-state index contributed by atoms with van der Waals surface area (Å²) in [5.41, 5.74) is 1.83. The summed E-state index contributed by atoms with van der Waals surface area (Å²) in [4.78, 5) is 19.5. The van der Waals surface area contributed by atoms with Crippen LogP contribution >= 0.6 is 0 Å². The van der Waals surface area contributed by atoms with Crippen LogP contribution in [0.25, 0.3) is 11.4 Å². The predicted molar refractivity (Wildman–Crippen MR) is 93.6 cm³/mol. The first-order chi connectivity index (χ1) is 12.0. The molecule has 0 saturated carbocycles. The second-order valence-corrected chi connectivity index (χ2v) is 7.14. The molecule has 5 heterocycles. The highest BCUT2D eigenvalue weighted by molar-refractivity contribution is 5.94. The van der Waals surface area contributed by atoms with E-state index in [1.807, 2.05) is 13.1 Å². The highest BCUT2D eigenvalue weighted by atomic mass is 19.1. The standard InChI is InChI=1S/C19H23FN4O/c1-12-18(13-6-9-24(12)10-7-13)22-19(25)17-4-3-16(23(17)2)15-11-14(20)5-8-21-15/h3-5,8,11-13,18H,6-7,9-10H2,1-2H3,(H,22,25)/t12-,18+/m1/s1. The number of aromatic nitrogens is 2. The van der Waals surface area contributed by atoms with Crippen LogP contribution in [-0.4, -0.2) is 45.5 Å². The Morgan fingerprint density at radius 1 is 1.28 bits per heavy atom. The van der Waals surface area contributed by atoms with Gasteiger partial charge in [0.15, 0.2) is 0 Å². The molecule has 132 valence electrons. The molecule has 3 aliphatic heterocycles. The van der Waals surface area contributed by atoms with Crippen molar-refractivity contribution in [2.45, 2.75) is 31.8 Å². The number of halogens is 1. The van der Waals surface area contributed by atoms with Gasteiger partial charge in [-0.25, -0.2) is 4.39 Å². The maximum Gasteiger partial charge on any atom is 0.268 e. The lowest BCUT2D eigenvalue weighted by Crippen LogP contribution is -2.62. The first-order valence-corrected chi connectivity index (χ1v) is 8.87. The zero-order valence-electron chi connectivity index (χ0n) is 14.6. The number of hydrogen-bond acceptors (Lipinski definition) is 3. The summed E-state index contributed by atoms with van der Waals surface area (Å²) in [7, 11) is 1.82. The van der Waals surface area contributed by atoms with E-state index in [0.29, 0.717) is 23.3 Å². The Labute approximate surface area is 146 Å². The topological polar surface area (TPSA) is 50.2 Å². The lowest BCUT2D eigenvalue weighted by molar-refractivity contribution is 0.0215. The van der Waals surface area contributed by atoms with Gasteiger partial charge >= 0.3 is 0 Å². The summed E-state index contributed by atoms with van der Waals surface area (Å²) in [6.07, 6.45) is 3.74. The quantitative estimate of drug-likeness (QED) is 0.932. The van der Waals surface area contributed by atoms with Crippen molar-refractivity contribution in [3.05, 3.63) is 42.0 Å². The zero-order valence-corrected chi connectivity index (χ0v) is 14.6. The van der Waals surface area contributed by atoms with Crippen LogP contribution in [0.3, 0.4) is 0 Å². The van der Waals surface area contributed by atoms with E-state index >= 15 is 0 Å². The summed E-state index contributed by atoms with van der Waals surface area (Å²) in [5.74, 6) is 0.155. The maximum atomic E-state index is 13.5. The molecule has 1 amide bonds. The minimum atomic E-state index is -0.335. The normalized spacial score (nSPS) is 28.1. The van der Waals surface area contributed by atoms with Gasteiger partial charge in [-0.2, -0.15) is 0 Å². The number of fused-ring (bicyclic) bond motifs is 3. The smallest absolute Gasteiger partial charge is 0.268 e. The summed E-state index contributed by atoms with van der Waals surface area (Å²) in [6, 6.07) is 6.86. The molecule has 3 fully saturated rings. The van der Waals surface area contributed by atoms with Gasteiger partial charge in [0.2, 0.25) is 0 Å². The Kier molecular flexibility index (Phi) is 4.07. The van der Waals surface area contributed by atoms with Crippen molar-refractivity contribution in [2.75, 3.05) is 13.1 Å². The molecule has 2 atom stereocenters. The number of nitrogens with zero attached hydrogens (tertiary/aromatic N) is 3. The Morgan fingerprint density at radius 2 is 2.04 bits per heavy atom. The van der Waals surface area contributed by atoms with E-state index in [0.717, 1.165) is 31.6 Å². The zero-order chi connectivity index (χ0) is 17.6. The molecule has 2 aromatic heterocycles. The maximum absolute atomic E-state index is 13.5. The molecule has 0 aromatic carbocycles. The lowest BCUT2D eigenvalue weighted by atomic mass is 9.79. The summed E-state index contributed by atoms with van der Waals surface area (Å²) in [6.45, 7) is 4.47. The van der Waals surface area contributed by atoms with E-state index < -0.39 is 0 Å². The Morgan fingerprint density at radius 3 is 2.72 bits per heavy atom. The van der Waals surface area contributed by atoms with Crippen molar-refractivity contribution < 1.29 is 9.18 Å². The Bertz CT molecular complexity index is 792. The van der Waals surface area contributed by atoms with Crippen LogP contribution in [0, 0.1) is 11.7 Å². The lowest BCUT2D eigenvalue weighted by Gasteiger charge is -2.49.